The second-order valence-electron chi connectivity index (χ2n) is 29.7. The van der Waals surface area contributed by atoms with Gasteiger partial charge in [-0.3, -0.25) is 49.5 Å². The Balaban J connectivity index is 0.000000128. The van der Waals surface area contributed by atoms with Crippen LogP contribution >= 0.6 is 34.8 Å². The van der Waals surface area contributed by atoms with Crippen molar-refractivity contribution in [2.24, 2.45) is 0 Å². The number of aryl methyl sites for hydroxylation is 4. The first kappa shape index (κ1) is 87.8. The topological polar surface area (TPSA) is 297 Å². The number of hydrogen-bond acceptors (Lipinski definition) is 15. The average Bonchev–Trinajstić information content (AvgIpc) is 1.68. The standard InChI is InChI=1S/C22H20N2O2.C21H17FN2O3.C20H15ClN2O2.C20H17ClN2O2.C19H15ClN2O/c1-14-3-4-16(11-15(14)2)20-13-19(23-24-20)6-7-21(25)17-5-8-22-18(12-17)9-10-26-22;22-18-9-13(12-25)1-4-17(18)19-11-16(23-24-19)3-5-20(26)14-2-6-21-15(10-14)7-8-27-21;21-16-4-1-13(2-5-16)18-12-17(22-23-18)6-7-19(24)14-3-8-20-15(11-14)9-10-25-20;1-13-10-16(6-8-18(13)21)20(25)9-7-17-11-19(23-22-17)15-4-2-14(12-24)3-5-15;1-13-11-15(7-9-17(13)20)19(23)10-8-16-12-18(22-21-16)14-5-3-2-4-6-14/h3-8,11-13H,9-10H2,1-2H3,(H,23,24);1-6,9-11,25H,7-8,12H2,(H,23,24);1-8,11-12H,9-10H2,(H,22,23);2-11,24H,12H2,1H3,(H,22,23);2-12H,1H3,(H,21,22)/b7-6+;5-3+;7-6+;9-7+;10-8+. The third-order valence-corrected chi connectivity index (χ3v) is 21.9. The lowest BCUT2D eigenvalue weighted by atomic mass is 10.0. The Bertz CT molecular complexity index is 6650. The minimum absolute atomic E-state index is 0.0150. The van der Waals surface area contributed by atoms with Gasteiger partial charge in [-0.1, -0.05) is 120 Å². The Labute approximate surface area is 740 Å². The zero-order chi connectivity index (χ0) is 88.2. The van der Waals surface area contributed by atoms with Crippen LogP contribution in [0.4, 0.5) is 4.39 Å². The smallest absolute Gasteiger partial charge is 0.185 e. The summed E-state index contributed by atoms with van der Waals surface area (Å²) < 4.78 is 30.5. The maximum Gasteiger partial charge on any atom is 0.185 e. The number of ketones is 5. The van der Waals surface area contributed by atoms with E-state index in [-0.39, 0.29) is 42.1 Å². The zero-order valence-corrected chi connectivity index (χ0v) is 71.1. The van der Waals surface area contributed by atoms with E-state index >= 15 is 0 Å². The van der Waals surface area contributed by atoms with Crippen molar-refractivity contribution in [3.05, 3.63) is 394 Å². The van der Waals surface area contributed by atoms with Gasteiger partial charge in [0.1, 0.15) is 23.1 Å². The van der Waals surface area contributed by atoms with Gasteiger partial charge in [0.15, 0.2) is 28.9 Å². The summed E-state index contributed by atoms with van der Waals surface area (Å²) in [5.41, 5.74) is 23.7. The first-order valence-corrected chi connectivity index (χ1v) is 41.4. The first-order chi connectivity index (χ1) is 61.1. The lowest BCUT2D eigenvalue weighted by Gasteiger charge is -2.01. The van der Waals surface area contributed by atoms with Gasteiger partial charge >= 0.3 is 0 Å². The van der Waals surface area contributed by atoms with E-state index in [0.717, 1.165) is 138 Å². The highest BCUT2D eigenvalue weighted by Gasteiger charge is 2.20. The molecule has 5 aromatic heterocycles. The molecule has 7 N–H and O–H groups in total. The van der Waals surface area contributed by atoms with Crippen LogP contribution in [-0.4, -0.2) is 110 Å². The highest BCUT2D eigenvalue weighted by molar-refractivity contribution is 6.32. The number of ether oxygens (including phenoxy) is 3. The van der Waals surface area contributed by atoms with Crippen LogP contribution in [0, 0.1) is 33.5 Å². The van der Waals surface area contributed by atoms with Gasteiger partial charge in [-0.2, -0.15) is 25.5 Å². The summed E-state index contributed by atoms with van der Waals surface area (Å²) in [5.74, 6) is 1.78. The fraction of sp³-hybridized carbons (Fsp3) is 0.118. The van der Waals surface area contributed by atoms with Crippen molar-refractivity contribution >= 4 is 94.1 Å². The molecule has 18 rings (SSSR count). The molecule has 0 saturated heterocycles. The van der Waals surface area contributed by atoms with Gasteiger partial charge in [-0.25, -0.2) is 4.39 Å². The molecule has 15 aromatic rings. The van der Waals surface area contributed by atoms with E-state index in [4.69, 9.17) is 59.2 Å². The molecule has 3 aliphatic heterocycles. The summed E-state index contributed by atoms with van der Waals surface area (Å²) in [4.78, 5) is 61.6. The van der Waals surface area contributed by atoms with Crippen molar-refractivity contribution in [3.8, 4) is 73.5 Å². The maximum absolute atomic E-state index is 14.1. The van der Waals surface area contributed by atoms with Crippen LogP contribution in [0.15, 0.2) is 267 Å². The fourth-order valence-electron chi connectivity index (χ4n) is 13.5. The third kappa shape index (κ3) is 23.0. The molecule has 126 heavy (non-hydrogen) atoms. The molecule has 0 radical (unpaired) electrons. The summed E-state index contributed by atoms with van der Waals surface area (Å²) in [5, 5.41) is 55.9. The minimum Gasteiger partial charge on any atom is -0.493 e. The van der Waals surface area contributed by atoms with E-state index < -0.39 is 5.82 Å². The van der Waals surface area contributed by atoms with E-state index in [1.807, 2.05) is 159 Å². The third-order valence-electron chi connectivity index (χ3n) is 20.8. The summed E-state index contributed by atoms with van der Waals surface area (Å²) in [6.45, 7) is 9.75. The molecule has 8 heterocycles. The molecule has 0 bridgehead atoms. The van der Waals surface area contributed by atoms with Gasteiger partial charge in [0, 0.05) is 90.0 Å². The van der Waals surface area contributed by atoms with Crippen molar-refractivity contribution in [2.75, 3.05) is 19.8 Å². The number of allylic oxidation sites excluding steroid dienone is 5. The predicted octanol–water partition coefficient (Wildman–Crippen LogP) is 22.0. The number of fused-ring (bicyclic) bond motifs is 3. The first-order valence-electron chi connectivity index (χ1n) is 40.3. The highest BCUT2D eigenvalue weighted by atomic mass is 35.5. The van der Waals surface area contributed by atoms with Crippen LogP contribution < -0.4 is 14.2 Å². The average molecular weight is 1740 g/mol. The molecule has 0 saturated carbocycles. The number of aromatic nitrogens is 10. The second-order valence-corrected chi connectivity index (χ2v) is 31.0. The lowest BCUT2D eigenvalue weighted by molar-refractivity contribution is 0.103. The molecule has 3 aliphatic rings. The van der Waals surface area contributed by atoms with E-state index in [1.165, 1.54) is 35.4 Å². The van der Waals surface area contributed by atoms with Crippen molar-refractivity contribution in [3.63, 3.8) is 0 Å². The number of aliphatic hydroxyl groups is 2. The number of rotatable bonds is 22. The van der Waals surface area contributed by atoms with Gasteiger partial charge in [-0.05, 0) is 290 Å². The normalized spacial score (nSPS) is 12.3. The number of benzene rings is 10. The summed E-state index contributed by atoms with van der Waals surface area (Å²) in [6, 6.07) is 71.9. The van der Waals surface area contributed by atoms with Crippen LogP contribution in [0.2, 0.25) is 15.1 Å². The van der Waals surface area contributed by atoms with Crippen LogP contribution in [0.5, 0.6) is 17.2 Å². The zero-order valence-electron chi connectivity index (χ0n) is 68.9. The Morgan fingerprint density at radius 3 is 1.05 bits per heavy atom. The quantitative estimate of drug-likeness (QED) is 0.0245. The van der Waals surface area contributed by atoms with Crippen molar-refractivity contribution in [2.45, 2.75) is 60.2 Å². The summed E-state index contributed by atoms with van der Waals surface area (Å²) in [7, 11) is 0. The highest BCUT2D eigenvalue weighted by Crippen LogP contribution is 2.32. The predicted molar refractivity (Wildman–Crippen MR) is 493 cm³/mol. The van der Waals surface area contributed by atoms with E-state index in [0.29, 0.717) is 85.2 Å². The molecule has 10 aromatic carbocycles. The number of nitrogens with one attached hydrogen (secondary N) is 5. The van der Waals surface area contributed by atoms with Gasteiger partial charge in [0.05, 0.1) is 90.0 Å². The maximum atomic E-state index is 14.1. The van der Waals surface area contributed by atoms with Crippen LogP contribution in [-0.2, 0) is 32.5 Å². The fourth-order valence-corrected chi connectivity index (χ4v) is 13.9. The van der Waals surface area contributed by atoms with E-state index in [1.54, 1.807) is 109 Å². The van der Waals surface area contributed by atoms with Gasteiger partial charge in [-0.15, -0.1) is 0 Å². The molecule has 20 nitrogen and oxygen atoms in total. The monoisotopic (exact) mass is 1730 g/mol. The Morgan fingerprint density at radius 2 is 0.675 bits per heavy atom. The number of aromatic amines is 5. The number of nitrogens with zero attached hydrogens (tertiary/aromatic N) is 5. The summed E-state index contributed by atoms with van der Waals surface area (Å²) >= 11 is 17.9. The molecule has 0 spiro atoms. The Hall–Kier alpha value is -14.6. The molecule has 0 amide bonds. The molecule has 0 atom stereocenters. The van der Waals surface area contributed by atoms with Crippen molar-refractivity contribution in [1.29, 1.82) is 0 Å². The lowest BCUT2D eigenvalue weighted by Crippen LogP contribution is -1.95. The number of H-pyrrole nitrogens is 5. The summed E-state index contributed by atoms with van der Waals surface area (Å²) in [6.07, 6.45) is 18.7. The molecular weight excluding hydrogens is 1650 g/mol. The Kier molecular flexibility index (Phi) is 28.9. The molecular formula is C102H84Cl3FN10O10. The number of halogens is 4. The number of carbonyl (C=O) groups excluding carboxylic acids is 5. The minimum atomic E-state index is -0.458. The van der Waals surface area contributed by atoms with Crippen molar-refractivity contribution in [1.82, 2.24) is 51.0 Å². The van der Waals surface area contributed by atoms with E-state index in [9.17, 15) is 28.4 Å². The van der Waals surface area contributed by atoms with Gasteiger partial charge in [0.25, 0.3) is 0 Å². The SMILES string of the molecule is Cc1cc(C(=O)/C=C/c2cc(-c3ccc(CO)cc3)n[nH]2)ccc1Cl.Cc1cc(C(=O)/C=C/c2cc(-c3ccccc3)n[nH]2)ccc1Cl.Cc1ccc(-c2cc(/C=C/C(=O)c3ccc4c(c3)CCO4)[nH]n2)cc1C.O=C(/C=C/c1cc(-c2ccc(CO)cc2F)n[nH]1)c1ccc2c(c1)CCO2.O=C(/C=C/c1cc(-c2ccc(Cl)cc2)n[nH]1)c1ccc2c(c1)CCO2. The van der Waals surface area contributed by atoms with Gasteiger partial charge < -0.3 is 24.4 Å². The Morgan fingerprint density at radius 1 is 0.341 bits per heavy atom. The molecule has 24 heteroatoms. The largest absolute Gasteiger partial charge is 0.493 e. The molecule has 0 fully saturated rings. The van der Waals surface area contributed by atoms with Crippen LogP contribution in [0.1, 0.15) is 130 Å². The number of hydrogen-bond donors (Lipinski definition) is 7. The number of aliphatic hydroxyl groups excluding tert-OH is 2. The number of carbonyl (C=O) groups is 5. The van der Waals surface area contributed by atoms with Crippen LogP contribution in [0.25, 0.3) is 86.7 Å². The molecule has 630 valence electrons. The van der Waals surface area contributed by atoms with E-state index in [2.05, 4.69) is 83.0 Å². The van der Waals surface area contributed by atoms with Crippen LogP contribution in [0.3, 0.4) is 0 Å². The van der Waals surface area contributed by atoms with Gasteiger partial charge in [0.2, 0.25) is 0 Å². The second kappa shape index (κ2) is 41.5. The molecule has 0 unspecified atom stereocenters. The molecule has 0 aliphatic carbocycles. The van der Waals surface area contributed by atoms with Crippen molar-refractivity contribution < 1.29 is 52.8 Å².